The largest absolute Gasteiger partial charge is 0.393 e. The smallest absolute Gasteiger partial charge is 0.341 e. The second-order valence-corrected chi connectivity index (χ2v) is 6.25. The molecule has 7 heteroatoms. The number of likely N-dealkylation sites (tertiary alicyclic amines) is 1. The van der Waals surface area contributed by atoms with Gasteiger partial charge in [0.05, 0.1) is 12.5 Å². The third-order valence-corrected chi connectivity index (χ3v) is 4.51. The van der Waals surface area contributed by atoms with Crippen molar-refractivity contribution < 1.29 is 18.0 Å². The molecule has 0 spiro atoms. The van der Waals surface area contributed by atoms with Crippen molar-refractivity contribution in [2.45, 2.75) is 32.0 Å². The predicted octanol–water partition coefficient (Wildman–Crippen LogP) is 3.79. The van der Waals surface area contributed by atoms with E-state index in [1.54, 1.807) is 6.07 Å². The second kappa shape index (κ2) is 7.53. The van der Waals surface area contributed by atoms with Crippen LogP contribution in [0, 0.1) is 5.92 Å². The fourth-order valence-corrected chi connectivity index (χ4v) is 3.06. The number of carbonyl (C=O) groups excluding carboxylic acids is 1. The first kappa shape index (κ1) is 18.1. The van der Waals surface area contributed by atoms with E-state index in [1.165, 1.54) is 4.90 Å². The summed E-state index contributed by atoms with van der Waals surface area (Å²) in [5.41, 5.74) is 0.855. The first-order valence-electron chi connectivity index (χ1n) is 7.61. The Morgan fingerprint density at radius 3 is 2.78 bits per heavy atom. The van der Waals surface area contributed by atoms with Gasteiger partial charge in [0.2, 0.25) is 5.91 Å². The van der Waals surface area contributed by atoms with Crippen LogP contribution >= 0.6 is 11.6 Å². The van der Waals surface area contributed by atoms with Gasteiger partial charge in [-0.15, -0.1) is 0 Å². The molecule has 1 aromatic rings. The van der Waals surface area contributed by atoms with Gasteiger partial charge in [-0.25, -0.2) is 0 Å². The van der Waals surface area contributed by atoms with Crippen LogP contribution in [0.25, 0.3) is 0 Å². The highest BCUT2D eigenvalue weighted by atomic mass is 35.5. The Labute approximate surface area is 138 Å². The number of benzene rings is 1. The number of rotatable bonds is 4. The molecule has 1 N–H and O–H groups in total. The molecule has 0 aromatic heterocycles. The van der Waals surface area contributed by atoms with Gasteiger partial charge in [-0.1, -0.05) is 29.8 Å². The quantitative estimate of drug-likeness (QED) is 0.897. The van der Waals surface area contributed by atoms with Crippen LogP contribution in [0.3, 0.4) is 0 Å². The van der Waals surface area contributed by atoms with Crippen molar-refractivity contribution in [1.29, 1.82) is 0 Å². The molecule has 128 valence electrons. The van der Waals surface area contributed by atoms with Crippen LogP contribution in [0.2, 0.25) is 5.02 Å². The van der Waals surface area contributed by atoms with Crippen molar-refractivity contribution in [2.24, 2.45) is 5.92 Å². The van der Waals surface area contributed by atoms with Crippen LogP contribution in [0.1, 0.15) is 31.4 Å². The van der Waals surface area contributed by atoms with Gasteiger partial charge in [0.25, 0.3) is 0 Å². The molecule has 2 rings (SSSR count). The molecule has 1 amide bonds. The zero-order chi connectivity index (χ0) is 17.0. The molecular formula is C16H20ClF3N2O. The van der Waals surface area contributed by atoms with Gasteiger partial charge in [-0.05, 0) is 31.4 Å². The number of hydrogen-bond donors (Lipinski definition) is 1. The third-order valence-electron chi connectivity index (χ3n) is 4.17. The van der Waals surface area contributed by atoms with Crippen molar-refractivity contribution in [2.75, 3.05) is 19.6 Å². The van der Waals surface area contributed by atoms with Gasteiger partial charge in [0.15, 0.2) is 0 Å². The molecule has 23 heavy (non-hydrogen) atoms. The van der Waals surface area contributed by atoms with E-state index >= 15 is 0 Å². The van der Waals surface area contributed by atoms with E-state index in [0.29, 0.717) is 18.0 Å². The Hall–Kier alpha value is -1.27. The Balaban J connectivity index is 1.88. The number of piperidine rings is 1. The number of alkyl halides is 3. The fraction of sp³-hybridized carbons (Fsp3) is 0.562. The molecule has 0 radical (unpaired) electrons. The van der Waals surface area contributed by atoms with Crippen molar-refractivity contribution in [3.05, 3.63) is 34.9 Å². The molecule has 0 bridgehead atoms. The summed E-state index contributed by atoms with van der Waals surface area (Å²) < 4.78 is 38.4. The summed E-state index contributed by atoms with van der Waals surface area (Å²) in [4.78, 5) is 13.5. The van der Waals surface area contributed by atoms with Crippen LogP contribution in [0.15, 0.2) is 24.3 Å². The third kappa shape index (κ3) is 4.85. The zero-order valence-corrected chi connectivity index (χ0v) is 13.6. The molecule has 1 heterocycles. The zero-order valence-electron chi connectivity index (χ0n) is 12.9. The van der Waals surface area contributed by atoms with Gasteiger partial charge >= 0.3 is 6.18 Å². The summed E-state index contributed by atoms with van der Waals surface area (Å²) in [7, 11) is 0. The van der Waals surface area contributed by atoms with Crippen molar-refractivity contribution in [3.63, 3.8) is 0 Å². The Kier molecular flexibility index (Phi) is 5.92. The van der Waals surface area contributed by atoms with E-state index in [2.05, 4.69) is 5.32 Å². The maximum atomic E-state index is 12.8. The van der Waals surface area contributed by atoms with Gasteiger partial charge in [0.1, 0.15) is 0 Å². The van der Waals surface area contributed by atoms with E-state index in [9.17, 15) is 18.0 Å². The standard InChI is InChI=1S/C16H20ClF3N2O/c1-11(13-6-2-3-7-14(13)17)21-9-15(23)22-8-4-5-12(10-22)16(18,19)20/h2-3,6-7,11-12,21H,4-5,8-10H2,1H3. The predicted molar refractivity (Wildman–Crippen MR) is 83.2 cm³/mol. The molecule has 1 fully saturated rings. The maximum Gasteiger partial charge on any atom is 0.393 e. The van der Waals surface area contributed by atoms with Gasteiger partial charge in [-0.3, -0.25) is 4.79 Å². The van der Waals surface area contributed by atoms with Gasteiger partial charge < -0.3 is 10.2 Å². The highest BCUT2D eigenvalue weighted by Crippen LogP contribution is 2.33. The summed E-state index contributed by atoms with van der Waals surface area (Å²) in [6.07, 6.45) is -3.76. The minimum atomic E-state index is -4.24. The van der Waals surface area contributed by atoms with E-state index in [-0.39, 0.29) is 31.5 Å². The van der Waals surface area contributed by atoms with E-state index in [4.69, 9.17) is 11.6 Å². The van der Waals surface area contributed by atoms with E-state index in [0.717, 1.165) is 5.56 Å². The highest BCUT2D eigenvalue weighted by Gasteiger charge is 2.42. The molecule has 0 saturated carbocycles. The molecule has 2 unspecified atom stereocenters. The molecule has 1 saturated heterocycles. The molecule has 0 aliphatic carbocycles. The molecule has 2 atom stereocenters. The Morgan fingerprint density at radius 2 is 2.13 bits per heavy atom. The van der Waals surface area contributed by atoms with Gasteiger partial charge in [0, 0.05) is 24.2 Å². The van der Waals surface area contributed by atoms with Crippen LogP contribution in [-0.4, -0.2) is 36.6 Å². The number of halogens is 4. The lowest BCUT2D eigenvalue weighted by Gasteiger charge is -2.34. The Bertz CT molecular complexity index is 550. The van der Waals surface area contributed by atoms with Gasteiger partial charge in [-0.2, -0.15) is 13.2 Å². The number of carbonyl (C=O) groups is 1. The number of nitrogens with zero attached hydrogens (tertiary/aromatic N) is 1. The van der Waals surface area contributed by atoms with Crippen molar-refractivity contribution in [1.82, 2.24) is 10.2 Å². The first-order valence-corrected chi connectivity index (χ1v) is 7.99. The second-order valence-electron chi connectivity index (χ2n) is 5.84. The average Bonchev–Trinajstić information content (AvgIpc) is 2.52. The van der Waals surface area contributed by atoms with E-state index < -0.39 is 12.1 Å². The van der Waals surface area contributed by atoms with Crippen molar-refractivity contribution >= 4 is 17.5 Å². The number of nitrogens with one attached hydrogen (secondary N) is 1. The van der Waals surface area contributed by atoms with Crippen LogP contribution in [0.5, 0.6) is 0 Å². The minimum Gasteiger partial charge on any atom is -0.341 e. The van der Waals surface area contributed by atoms with Crippen LogP contribution in [0.4, 0.5) is 13.2 Å². The highest BCUT2D eigenvalue weighted by molar-refractivity contribution is 6.31. The Morgan fingerprint density at radius 1 is 1.43 bits per heavy atom. The minimum absolute atomic E-state index is 0.00301. The SMILES string of the molecule is CC(NCC(=O)N1CCCC(C(F)(F)F)C1)c1ccccc1Cl. The molecule has 1 aromatic carbocycles. The summed E-state index contributed by atoms with van der Waals surface area (Å²) in [5.74, 6) is -1.72. The number of amides is 1. The summed E-state index contributed by atoms with van der Waals surface area (Å²) in [6, 6.07) is 7.12. The molecule has 1 aliphatic rings. The topological polar surface area (TPSA) is 32.3 Å². The number of hydrogen-bond acceptors (Lipinski definition) is 2. The van der Waals surface area contributed by atoms with Crippen LogP contribution in [-0.2, 0) is 4.79 Å². The fourth-order valence-electron chi connectivity index (χ4n) is 2.76. The summed E-state index contributed by atoms with van der Waals surface area (Å²) in [6.45, 7) is 2.00. The average molecular weight is 349 g/mol. The molecular weight excluding hydrogens is 329 g/mol. The summed E-state index contributed by atoms with van der Waals surface area (Å²) >= 11 is 6.09. The lowest BCUT2D eigenvalue weighted by Crippen LogP contribution is -2.47. The molecule has 1 aliphatic heterocycles. The monoisotopic (exact) mass is 348 g/mol. The lowest BCUT2D eigenvalue weighted by molar-refractivity contribution is -0.187. The molecule has 3 nitrogen and oxygen atoms in total. The summed E-state index contributed by atoms with van der Waals surface area (Å²) in [5, 5.41) is 3.63. The normalized spacial score (nSPS) is 20.4. The van der Waals surface area contributed by atoms with Crippen molar-refractivity contribution in [3.8, 4) is 0 Å². The first-order chi connectivity index (χ1) is 10.8. The maximum absolute atomic E-state index is 12.8. The van der Waals surface area contributed by atoms with Crippen LogP contribution < -0.4 is 5.32 Å². The lowest BCUT2D eigenvalue weighted by atomic mass is 9.97. The van der Waals surface area contributed by atoms with E-state index in [1.807, 2.05) is 25.1 Å².